The lowest BCUT2D eigenvalue weighted by atomic mass is 10.2. The van der Waals surface area contributed by atoms with Crippen LogP contribution < -0.4 is 10.1 Å². The van der Waals surface area contributed by atoms with Gasteiger partial charge in [-0.15, -0.1) is 0 Å². The number of hydrogen-bond acceptors (Lipinski definition) is 5. The molecule has 0 atom stereocenters. The first-order valence-electron chi connectivity index (χ1n) is 6.24. The van der Waals surface area contributed by atoms with Crippen molar-refractivity contribution in [3.05, 3.63) is 40.6 Å². The van der Waals surface area contributed by atoms with Gasteiger partial charge in [-0.1, -0.05) is 0 Å². The Balaban J connectivity index is 2.22. The third kappa shape index (κ3) is 4.16. The van der Waals surface area contributed by atoms with Gasteiger partial charge in [0.25, 0.3) is 0 Å². The molecule has 0 aliphatic heterocycles. The summed E-state index contributed by atoms with van der Waals surface area (Å²) >= 11 is 3.20. The predicted octanol–water partition coefficient (Wildman–Crippen LogP) is 3.47. The van der Waals surface area contributed by atoms with Crippen LogP contribution in [0.15, 0.2) is 35.1 Å². The molecule has 110 valence electrons. The number of hydrogen-bond donors (Lipinski definition) is 2. The van der Waals surface area contributed by atoms with Crippen LogP contribution in [-0.4, -0.2) is 27.1 Å². The average Bonchev–Trinajstić information content (AvgIpc) is 2.40. The Kier molecular flexibility index (Phi) is 4.74. The van der Waals surface area contributed by atoms with Gasteiger partial charge in [0.05, 0.1) is 24.1 Å². The lowest BCUT2D eigenvalue weighted by Crippen LogP contribution is -2.08. The molecule has 0 aliphatic carbocycles. The van der Waals surface area contributed by atoms with Crippen molar-refractivity contribution in [1.82, 2.24) is 9.97 Å². The van der Waals surface area contributed by atoms with Crippen molar-refractivity contribution in [3.63, 3.8) is 0 Å². The van der Waals surface area contributed by atoms with E-state index in [4.69, 9.17) is 9.84 Å². The molecule has 0 aliphatic rings. The minimum Gasteiger partial charge on any atom is -0.478 e. The zero-order valence-corrected chi connectivity index (χ0v) is 13.1. The van der Waals surface area contributed by atoms with E-state index < -0.39 is 5.97 Å². The molecule has 0 fully saturated rings. The van der Waals surface area contributed by atoms with Crippen LogP contribution in [0.5, 0.6) is 5.88 Å². The maximum atomic E-state index is 11.1. The van der Waals surface area contributed by atoms with Crippen LogP contribution in [-0.2, 0) is 0 Å². The highest BCUT2D eigenvalue weighted by Crippen LogP contribution is 2.23. The third-order valence-corrected chi connectivity index (χ3v) is 3.13. The Morgan fingerprint density at radius 2 is 2.14 bits per heavy atom. The lowest BCUT2D eigenvalue weighted by molar-refractivity contribution is 0.0696. The number of nitrogens with one attached hydrogen (secondary N) is 1. The molecular formula is C14H14BrN3O3. The Morgan fingerprint density at radius 3 is 2.81 bits per heavy atom. The summed E-state index contributed by atoms with van der Waals surface area (Å²) in [4.78, 5) is 19.4. The second-order valence-electron chi connectivity index (χ2n) is 4.53. The van der Waals surface area contributed by atoms with E-state index in [2.05, 4.69) is 31.2 Å². The SMILES string of the molecule is CC(C)Oc1cncc(Nc2ccc(Br)c(C(=O)O)c2)n1. The molecule has 0 bridgehead atoms. The fourth-order valence-corrected chi connectivity index (χ4v) is 2.04. The number of aromatic nitrogens is 2. The van der Waals surface area contributed by atoms with E-state index in [-0.39, 0.29) is 11.7 Å². The third-order valence-electron chi connectivity index (χ3n) is 2.44. The predicted molar refractivity (Wildman–Crippen MR) is 82.2 cm³/mol. The molecule has 0 saturated heterocycles. The van der Waals surface area contributed by atoms with Gasteiger partial charge in [0.1, 0.15) is 0 Å². The van der Waals surface area contributed by atoms with Crippen LogP contribution in [0, 0.1) is 0 Å². The second kappa shape index (κ2) is 6.53. The Morgan fingerprint density at radius 1 is 1.38 bits per heavy atom. The summed E-state index contributed by atoms with van der Waals surface area (Å²) in [5.74, 6) is -0.120. The van der Waals surface area contributed by atoms with Crippen molar-refractivity contribution in [3.8, 4) is 5.88 Å². The molecule has 1 aromatic heterocycles. The number of halogens is 1. The number of nitrogens with zero attached hydrogens (tertiary/aromatic N) is 2. The molecule has 2 aromatic rings. The van der Waals surface area contributed by atoms with Crippen molar-refractivity contribution in [2.75, 3.05) is 5.32 Å². The molecule has 0 saturated carbocycles. The number of rotatable bonds is 5. The first kappa shape index (κ1) is 15.2. The lowest BCUT2D eigenvalue weighted by Gasteiger charge is -2.11. The summed E-state index contributed by atoms with van der Waals surface area (Å²) in [5, 5.41) is 12.1. The van der Waals surface area contributed by atoms with E-state index in [1.54, 1.807) is 12.1 Å². The van der Waals surface area contributed by atoms with Crippen molar-refractivity contribution < 1.29 is 14.6 Å². The summed E-state index contributed by atoms with van der Waals surface area (Å²) in [6.45, 7) is 3.80. The zero-order chi connectivity index (χ0) is 15.4. The Hall–Kier alpha value is -2.15. The van der Waals surface area contributed by atoms with Crippen LogP contribution in [0.1, 0.15) is 24.2 Å². The monoisotopic (exact) mass is 351 g/mol. The normalized spacial score (nSPS) is 10.5. The van der Waals surface area contributed by atoms with Crippen LogP contribution in [0.4, 0.5) is 11.5 Å². The van der Waals surface area contributed by atoms with Crippen molar-refractivity contribution in [2.45, 2.75) is 20.0 Å². The molecular weight excluding hydrogens is 338 g/mol. The number of ether oxygens (including phenoxy) is 1. The van der Waals surface area contributed by atoms with Crippen LogP contribution >= 0.6 is 15.9 Å². The van der Waals surface area contributed by atoms with Gasteiger partial charge in [0.15, 0.2) is 5.82 Å². The van der Waals surface area contributed by atoms with Crippen LogP contribution in [0.2, 0.25) is 0 Å². The van der Waals surface area contributed by atoms with Crippen molar-refractivity contribution >= 4 is 33.4 Å². The molecule has 1 heterocycles. The molecule has 2 rings (SSSR count). The zero-order valence-electron chi connectivity index (χ0n) is 11.5. The van der Waals surface area contributed by atoms with Gasteiger partial charge in [-0.2, -0.15) is 4.98 Å². The standard InChI is InChI=1S/C14H14BrN3O3/c1-8(2)21-13-7-16-6-12(18-13)17-9-3-4-11(15)10(5-9)14(19)20/h3-8H,1-2H3,(H,17,18)(H,19,20). The van der Waals surface area contributed by atoms with Gasteiger partial charge in [-0.05, 0) is 48.0 Å². The second-order valence-corrected chi connectivity index (χ2v) is 5.39. The smallest absolute Gasteiger partial charge is 0.336 e. The minimum absolute atomic E-state index is 0.000781. The van der Waals surface area contributed by atoms with Gasteiger partial charge >= 0.3 is 5.97 Å². The molecule has 0 radical (unpaired) electrons. The maximum absolute atomic E-state index is 11.1. The summed E-state index contributed by atoms with van der Waals surface area (Å²) in [7, 11) is 0. The average molecular weight is 352 g/mol. The van der Waals surface area contributed by atoms with E-state index in [0.717, 1.165) is 0 Å². The number of carboxylic acid groups (broad SMARTS) is 1. The fraction of sp³-hybridized carbons (Fsp3) is 0.214. The fourth-order valence-electron chi connectivity index (χ4n) is 1.62. The molecule has 6 nitrogen and oxygen atoms in total. The van der Waals surface area contributed by atoms with E-state index in [9.17, 15) is 4.79 Å². The molecule has 1 aromatic carbocycles. The van der Waals surface area contributed by atoms with Gasteiger partial charge in [-0.25, -0.2) is 4.79 Å². The van der Waals surface area contributed by atoms with E-state index >= 15 is 0 Å². The highest BCUT2D eigenvalue weighted by atomic mass is 79.9. The number of carbonyl (C=O) groups is 1. The topological polar surface area (TPSA) is 84.3 Å². The van der Waals surface area contributed by atoms with E-state index in [0.29, 0.717) is 21.9 Å². The van der Waals surface area contributed by atoms with E-state index in [1.807, 2.05) is 13.8 Å². The minimum atomic E-state index is -1.01. The Labute approximate surface area is 130 Å². The van der Waals surface area contributed by atoms with Crippen molar-refractivity contribution in [1.29, 1.82) is 0 Å². The molecule has 21 heavy (non-hydrogen) atoms. The quantitative estimate of drug-likeness (QED) is 0.857. The van der Waals surface area contributed by atoms with Gasteiger partial charge in [0.2, 0.25) is 5.88 Å². The van der Waals surface area contributed by atoms with Crippen molar-refractivity contribution in [2.24, 2.45) is 0 Å². The summed E-state index contributed by atoms with van der Waals surface area (Å²) < 4.78 is 5.98. The molecule has 0 amide bonds. The molecule has 2 N–H and O–H groups in total. The number of benzene rings is 1. The highest BCUT2D eigenvalue weighted by molar-refractivity contribution is 9.10. The van der Waals surface area contributed by atoms with Gasteiger partial charge in [-0.3, -0.25) is 4.98 Å². The summed E-state index contributed by atoms with van der Waals surface area (Å²) in [5.41, 5.74) is 0.772. The van der Waals surface area contributed by atoms with Gasteiger partial charge in [0, 0.05) is 10.2 Å². The first-order valence-corrected chi connectivity index (χ1v) is 7.03. The summed E-state index contributed by atoms with van der Waals surface area (Å²) in [6.07, 6.45) is 3.06. The van der Waals surface area contributed by atoms with Crippen LogP contribution in [0.25, 0.3) is 0 Å². The number of carboxylic acids is 1. The highest BCUT2D eigenvalue weighted by Gasteiger charge is 2.10. The van der Waals surface area contributed by atoms with E-state index in [1.165, 1.54) is 18.5 Å². The molecule has 7 heteroatoms. The molecule has 0 spiro atoms. The maximum Gasteiger partial charge on any atom is 0.336 e. The number of aromatic carboxylic acids is 1. The van der Waals surface area contributed by atoms with Gasteiger partial charge < -0.3 is 15.2 Å². The summed E-state index contributed by atoms with van der Waals surface area (Å²) in [6, 6.07) is 4.92. The largest absolute Gasteiger partial charge is 0.478 e. The Bertz CT molecular complexity index is 662. The molecule has 0 unspecified atom stereocenters. The van der Waals surface area contributed by atoms with Crippen LogP contribution in [0.3, 0.4) is 0 Å². The number of anilines is 2. The first-order chi connectivity index (χ1) is 9.95.